The van der Waals surface area contributed by atoms with Gasteiger partial charge in [0.2, 0.25) is 0 Å². The molecule has 0 aromatic heterocycles. The SMILES string of the molecule is COc1cc(Br)cc(C=NC[C@@]2(O)CC[C@@H]3[C@@H]4CC[C@@H]5CCCC[C@]5(C)[C@H]4CC[C@]32C)c1O. The van der Waals surface area contributed by atoms with Crippen molar-refractivity contribution in [3.05, 3.63) is 22.2 Å². The minimum Gasteiger partial charge on any atom is -0.504 e. The summed E-state index contributed by atoms with van der Waals surface area (Å²) in [6.07, 6.45) is 14.5. The van der Waals surface area contributed by atoms with E-state index in [1.165, 1.54) is 44.9 Å². The number of aliphatic imine (C=N–C) groups is 1. The van der Waals surface area contributed by atoms with Crippen LogP contribution in [0, 0.1) is 34.5 Å². The number of hydrogen-bond donors (Lipinski definition) is 2. The Bertz CT molecular complexity index is 934. The Hall–Kier alpha value is -1.07. The van der Waals surface area contributed by atoms with Crippen LogP contribution in [0.2, 0.25) is 0 Å². The molecule has 1 aromatic carbocycles. The van der Waals surface area contributed by atoms with Gasteiger partial charge in [-0.2, -0.15) is 0 Å². The molecular weight excluding hydrogens is 478 g/mol. The minimum atomic E-state index is -0.769. The Morgan fingerprint density at radius 3 is 2.64 bits per heavy atom. The molecule has 0 aliphatic heterocycles. The molecule has 0 heterocycles. The largest absolute Gasteiger partial charge is 0.504 e. The standard InChI is InChI=1S/C28H40BrNO3/c1-26-11-5-4-6-19(26)7-8-21-22(26)9-12-27(2)23(21)10-13-28(27,32)17-30-16-18-14-20(29)15-24(33-3)25(18)31/h14-16,19,21-23,31-32H,4-13,17H2,1-3H3/t19-,21+,22-,23+,26-,27+,28-/m0/s1. The Morgan fingerprint density at radius 2 is 1.85 bits per heavy atom. The lowest BCUT2D eigenvalue weighted by Gasteiger charge is -2.61. The summed E-state index contributed by atoms with van der Waals surface area (Å²) in [4.78, 5) is 4.68. The zero-order valence-corrected chi connectivity index (χ0v) is 22.0. The lowest BCUT2D eigenvalue weighted by Crippen LogP contribution is -2.56. The van der Waals surface area contributed by atoms with Crippen LogP contribution >= 0.6 is 15.9 Å². The lowest BCUT2D eigenvalue weighted by atomic mass is 9.44. The fourth-order valence-corrected chi connectivity index (χ4v) is 9.26. The first-order valence-corrected chi connectivity index (χ1v) is 13.8. The van der Waals surface area contributed by atoms with Gasteiger partial charge in [-0.1, -0.05) is 42.6 Å². The van der Waals surface area contributed by atoms with E-state index in [4.69, 9.17) is 4.74 Å². The van der Waals surface area contributed by atoms with Gasteiger partial charge in [0.25, 0.3) is 0 Å². The van der Waals surface area contributed by atoms with E-state index in [-0.39, 0.29) is 11.2 Å². The lowest BCUT2D eigenvalue weighted by molar-refractivity contribution is -0.147. The first-order chi connectivity index (χ1) is 15.7. The van der Waals surface area contributed by atoms with E-state index < -0.39 is 5.60 Å². The molecule has 4 aliphatic rings. The molecule has 0 radical (unpaired) electrons. The number of aromatic hydroxyl groups is 1. The Labute approximate surface area is 207 Å². The maximum absolute atomic E-state index is 11.9. The second-order valence-corrected chi connectivity index (χ2v) is 12.9. The van der Waals surface area contributed by atoms with Crippen molar-refractivity contribution >= 4 is 22.1 Å². The molecule has 33 heavy (non-hydrogen) atoms. The number of ether oxygens (including phenoxy) is 1. The van der Waals surface area contributed by atoms with Crippen molar-refractivity contribution in [2.45, 2.75) is 83.7 Å². The number of phenols is 1. The zero-order valence-electron chi connectivity index (χ0n) is 20.4. The molecule has 4 saturated carbocycles. The van der Waals surface area contributed by atoms with Gasteiger partial charge in [-0.3, -0.25) is 4.99 Å². The van der Waals surface area contributed by atoms with Crippen molar-refractivity contribution in [3.8, 4) is 11.5 Å². The summed E-state index contributed by atoms with van der Waals surface area (Å²) < 4.78 is 6.09. The van der Waals surface area contributed by atoms with Crippen molar-refractivity contribution in [1.29, 1.82) is 0 Å². The molecule has 0 bridgehead atoms. The van der Waals surface area contributed by atoms with E-state index in [2.05, 4.69) is 34.8 Å². The van der Waals surface area contributed by atoms with Gasteiger partial charge >= 0.3 is 0 Å². The third-order valence-electron chi connectivity index (χ3n) is 10.8. The fourth-order valence-electron chi connectivity index (χ4n) is 8.81. The highest BCUT2D eigenvalue weighted by Gasteiger charge is 2.64. The van der Waals surface area contributed by atoms with Gasteiger partial charge in [-0.05, 0) is 92.6 Å². The van der Waals surface area contributed by atoms with E-state index in [0.29, 0.717) is 29.2 Å². The maximum atomic E-state index is 11.9. The number of phenolic OH excluding ortho intramolecular Hbond substituents is 1. The number of nitrogens with zero attached hydrogens (tertiary/aromatic N) is 1. The third-order valence-corrected chi connectivity index (χ3v) is 11.2. The van der Waals surface area contributed by atoms with Gasteiger partial charge < -0.3 is 14.9 Å². The average Bonchev–Trinajstić information content (AvgIpc) is 3.06. The van der Waals surface area contributed by atoms with E-state index >= 15 is 0 Å². The zero-order chi connectivity index (χ0) is 23.4. The molecule has 7 atom stereocenters. The highest BCUT2D eigenvalue weighted by molar-refractivity contribution is 9.10. The first-order valence-electron chi connectivity index (χ1n) is 13.0. The summed E-state index contributed by atoms with van der Waals surface area (Å²) in [5.41, 5.74) is 0.297. The molecule has 0 amide bonds. The molecule has 4 fully saturated rings. The number of halogens is 1. The van der Waals surface area contributed by atoms with Crippen molar-refractivity contribution in [2.75, 3.05) is 13.7 Å². The second kappa shape index (κ2) is 8.55. The van der Waals surface area contributed by atoms with Gasteiger partial charge in [0, 0.05) is 21.7 Å². The molecule has 5 rings (SSSR count). The van der Waals surface area contributed by atoms with Crippen molar-refractivity contribution in [3.63, 3.8) is 0 Å². The molecule has 4 nitrogen and oxygen atoms in total. The van der Waals surface area contributed by atoms with E-state index in [9.17, 15) is 10.2 Å². The highest BCUT2D eigenvalue weighted by Crippen LogP contribution is 2.68. The van der Waals surface area contributed by atoms with Crippen molar-refractivity contribution in [2.24, 2.45) is 39.5 Å². The fraction of sp³-hybridized carbons (Fsp3) is 0.750. The molecule has 4 aliphatic carbocycles. The van der Waals surface area contributed by atoms with Gasteiger partial charge in [-0.25, -0.2) is 0 Å². The van der Waals surface area contributed by atoms with Crippen LogP contribution in [0.25, 0.3) is 0 Å². The van der Waals surface area contributed by atoms with Crippen molar-refractivity contribution in [1.82, 2.24) is 0 Å². The predicted molar refractivity (Wildman–Crippen MR) is 136 cm³/mol. The Balaban J connectivity index is 1.35. The molecule has 1 aromatic rings. The van der Waals surface area contributed by atoms with Crippen molar-refractivity contribution < 1.29 is 14.9 Å². The summed E-state index contributed by atoms with van der Waals surface area (Å²) in [5.74, 6) is 3.64. The summed E-state index contributed by atoms with van der Waals surface area (Å²) in [5, 5.41) is 22.4. The van der Waals surface area contributed by atoms with Crippen LogP contribution in [0.5, 0.6) is 11.5 Å². The Kier molecular flexibility index (Phi) is 6.13. The molecular formula is C28H40BrNO3. The second-order valence-electron chi connectivity index (χ2n) is 11.9. The Morgan fingerprint density at radius 1 is 1.06 bits per heavy atom. The molecule has 5 heteroatoms. The normalized spacial score (nSPS) is 42.6. The van der Waals surface area contributed by atoms with E-state index in [1.807, 2.05) is 6.07 Å². The van der Waals surface area contributed by atoms with Gasteiger partial charge in [0.05, 0.1) is 19.3 Å². The summed E-state index contributed by atoms with van der Waals surface area (Å²) in [6, 6.07) is 3.57. The smallest absolute Gasteiger partial charge is 0.166 e. The van der Waals surface area contributed by atoms with Crippen LogP contribution in [0.4, 0.5) is 0 Å². The molecule has 0 saturated heterocycles. The van der Waals surface area contributed by atoms with Crippen LogP contribution in [-0.4, -0.2) is 35.7 Å². The predicted octanol–water partition coefficient (Wildman–Crippen LogP) is 6.75. The first kappa shape index (κ1) is 23.7. The van der Waals surface area contributed by atoms with Gasteiger partial charge in [0.1, 0.15) is 0 Å². The average molecular weight is 519 g/mol. The number of benzene rings is 1. The number of aliphatic hydroxyl groups is 1. The summed E-state index contributed by atoms with van der Waals surface area (Å²) in [6.45, 7) is 5.36. The molecule has 182 valence electrons. The minimum absolute atomic E-state index is 0.0691. The number of fused-ring (bicyclic) bond motifs is 5. The maximum Gasteiger partial charge on any atom is 0.166 e. The monoisotopic (exact) mass is 517 g/mol. The third kappa shape index (κ3) is 3.67. The topological polar surface area (TPSA) is 62.0 Å². The van der Waals surface area contributed by atoms with Gasteiger partial charge in [0.15, 0.2) is 11.5 Å². The molecule has 0 unspecified atom stereocenters. The van der Waals surface area contributed by atoms with Gasteiger partial charge in [-0.15, -0.1) is 0 Å². The molecule has 0 spiro atoms. The van der Waals surface area contributed by atoms with Crippen LogP contribution < -0.4 is 4.74 Å². The number of methoxy groups -OCH3 is 1. The summed E-state index contributed by atoms with van der Waals surface area (Å²) in [7, 11) is 1.54. The van der Waals surface area contributed by atoms with E-state index in [0.717, 1.165) is 41.5 Å². The van der Waals surface area contributed by atoms with Crippen LogP contribution in [-0.2, 0) is 0 Å². The number of rotatable bonds is 4. The van der Waals surface area contributed by atoms with Crippen LogP contribution in [0.15, 0.2) is 21.6 Å². The summed E-state index contributed by atoms with van der Waals surface area (Å²) >= 11 is 3.47. The quantitative estimate of drug-likeness (QED) is 0.434. The number of hydrogen-bond acceptors (Lipinski definition) is 4. The van der Waals surface area contributed by atoms with E-state index in [1.54, 1.807) is 19.4 Å². The van der Waals surface area contributed by atoms with Crippen LogP contribution in [0.1, 0.15) is 83.6 Å². The highest BCUT2D eigenvalue weighted by atomic mass is 79.9. The van der Waals surface area contributed by atoms with Crippen LogP contribution in [0.3, 0.4) is 0 Å². The molecule has 2 N–H and O–H groups in total.